The summed E-state index contributed by atoms with van der Waals surface area (Å²) in [5, 5.41) is 0.901. The highest BCUT2D eigenvalue weighted by molar-refractivity contribution is 7.99. The molecule has 1 aromatic carbocycles. The van der Waals surface area contributed by atoms with Crippen LogP contribution in [0.5, 0.6) is 0 Å². The molecule has 0 radical (unpaired) electrons. The van der Waals surface area contributed by atoms with Crippen LogP contribution in [0, 0.1) is 5.92 Å². The van der Waals surface area contributed by atoms with Crippen molar-refractivity contribution in [2.45, 2.75) is 43.9 Å². The van der Waals surface area contributed by atoms with Gasteiger partial charge in [0.15, 0.2) is 0 Å². The molecule has 21 heavy (non-hydrogen) atoms. The average molecular weight is 324 g/mol. The first-order chi connectivity index (χ1) is 10.2. The Morgan fingerprint density at radius 2 is 2.14 bits per heavy atom. The second-order valence-electron chi connectivity index (χ2n) is 6.05. The molecule has 0 N–H and O–H groups in total. The molecule has 2 nitrogen and oxygen atoms in total. The summed E-state index contributed by atoms with van der Waals surface area (Å²) < 4.78 is 0. The lowest BCUT2D eigenvalue weighted by molar-refractivity contribution is -0.131. The summed E-state index contributed by atoms with van der Waals surface area (Å²) >= 11 is 7.93. The van der Waals surface area contributed by atoms with E-state index in [1.165, 1.54) is 25.7 Å². The molecule has 0 unspecified atom stereocenters. The Labute approximate surface area is 136 Å². The fourth-order valence-corrected chi connectivity index (χ4v) is 4.90. The van der Waals surface area contributed by atoms with Crippen molar-refractivity contribution < 1.29 is 4.79 Å². The number of benzene rings is 1. The fraction of sp³-hybridized carbons (Fsp3) is 0.588. The van der Waals surface area contributed by atoms with Gasteiger partial charge in [0.1, 0.15) is 5.37 Å². The minimum absolute atomic E-state index is 0.153. The van der Waals surface area contributed by atoms with Gasteiger partial charge in [-0.2, -0.15) is 0 Å². The highest BCUT2D eigenvalue weighted by Gasteiger charge is 2.30. The highest BCUT2D eigenvalue weighted by Crippen LogP contribution is 2.39. The molecule has 0 aromatic heterocycles. The van der Waals surface area contributed by atoms with E-state index in [1.54, 1.807) is 0 Å². The molecule has 0 bridgehead atoms. The first kappa shape index (κ1) is 15.2. The van der Waals surface area contributed by atoms with Gasteiger partial charge in [-0.05, 0) is 30.0 Å². The van der Waals surface area contributed by atoms with Crippen LogP contribution in [0.4, 0.5) is 0 Å². The van der Waals surface area contributed by atoms with Gasteiger partial charge in [-0.1, -0.05) is 49.4 Å². The molecule has 4 heteroatoms. The summed E-state index contributed by atoms with van der Waals surface area (Å²) in [5.41, 5.74) is 1.15. The van der Waals surface area contributed by atoms with Gasteiger partial charge in [-0.15, -0.1) is 11.8 Å². The molecule has 1 saturated carbocycles. The SMILES string of the molecule is O=C(CCC1CCCC1)N1CCS[C@H]1c1cccc(Cl)c1. The monoisotopic (exact) mass is 323 g/mol. The Bertz CT molecular complexity index is 501. The van der Waals surface area contributed by atoms with Gasteiger partial charge in [0.2, 0.25) is 5.91 Å². The first-order valence-corrected chi connectivity index (χ1v) is 9.33. The summed E-state index contributed by atoms with van der Waals surface area (Å²) in [5.74, 6) is 2.12. The summed E-state index contributed by atoms with van der Waals surface area (Å²) in [4.78, 5) is 14.6. The van der Waals surface area contributed by atoms with E-state index < -0.39 is 0 Å². The van der Waals surface area contributed by atoms with Crippen LogP contribution in [-0.2, 0) is 4.79 Å². The van der Waals surface area contributed by atoms with Crippen LogP contribution in [0.25, 0.3) is 0 Å². The van der Waals surface area contributed by atoms with E-state index in [4.69, 9.17) is 11.6 Å². The Balaban J connectivity index is 1.61. The van der Waals surface area contributed by atoms with Crippen LogP contribution in [0.3, 0.4) is 0 Å². The lowest BCUT2D eigenvalue weighted by atomic mass is 10.0. The molecule has 2 fully saturated rings. The number of carbonyl (C=O) groups is 1. The quantitative estimate of drug-likeness (QED) is 0.786. The maximum atomic E-state index is 12.6. The van der Waals surface area contributed by atoms with Crippen molar-refractivity contribution >= 4 is 29.3 Å². The number of hydrogen-bond donors (Lipinski definition) is 0. The molecule has 1 aliphatic carbocycles. The second-order valence-corrected chi connectivity index (χ2v) is 7.68. The third kappa shape index (κ3) is 3.75. The van der Waals surface area contributed by atoms with Crippen LogP contribution in [-0.4, -0.2) is 23.1 Å². The van der Waals surface area contributed by atoms with Crippen molar-refractivity contribution in [2.75, 3.05) is 12.3 Å². The van der Waals surface area contributed by atoms with Crippen LogP contribution in [0.15, 0.2) is 24.3 Å². The minimum atomic E-state index is 0.153. The van der Waals surface area contributed by atoms with Gasteiger partial charge in [0.25, 0.3) is 0 Å². The molecule has 1 amide bonds. The summed E-state index contributed by atoms with van der Waals surface area (Å²) in [6, 6.07) is 7.92. The predicted molar refractivity (Wildman–Crippen MR) is 89.6 cm³/mol. The zero-order chi connectivity index (χ0) is 14.7. The number of nitrogens with zero attached hydrogens (tertiary/aromatic N) is 1. The van der Waals surface area contributed by atoms with Crippen molar-refractivity contribution in [1.82, 2.24) is 4.90 Å². The summed E-state index contributed by atoms with van der Waals surface area (Å²) in [6.45, 7) is 0.866. The highest BCUT2D eigenvalue weighted by atomic mass is 35.5. The molecule has 1 aliphatic heterocycles. The van der Waals surface area contributed by atoms with Crippen LogP contribution < -0.4 is 0 Å². The van der Waals surface area contributed by atoms with E-state index in [0.29, 0.717) is 12.3 Å². The Morgan fingerprint density at radius 3 is 2.90 bits per heavy atom. The summed E-state index contributed by atoms with van der Waals surface area (Å²) in [6.07, 6.45) is 7.12. The van der Waals surface area contributed by atoms with Crippen molar-refractivity contribution in [3.8, 4) is 0 Å². The molecule has 1 heterocycles. The molecular weight excluding hydrogens is 302 g/mol. The Hall–Kier alpha value is -0.670. The Morgan fingerprint density at radius 1 is 1.33 bits per heavy atom. The van der Waals surface area contributed by atoms with E-state index >= 15 is 0 Å². The Kier molecular flexibility index (Phi) is 5.12. The molecular formula is C17H22ClNOS. The number of thioether (sulfide) groups is 1. The first-order valence-electron chi connectivity index (χ1n) is 7.90. The minimum Gasteiger partial charge on any atom is -0.326 e. The maximum absolute atomic E-state index is 12.6. The molecule has 1 atom stereocenters. The zero-order valence-electron chi connectivity index (χ0n) is 12.3. The predicted octanol–water partition coefficient (Wildman–Crippen LogP) is 4.88. The molecule has 3 rings (SSSR count). The van der Waals surface area contributed by atoms with Crippen LogP contribution in [0.1, 0.15) is 49.5 Å². The van der Waals surface area contributed by atoms with E-state index in [2.05, 4.69) is 6.07 Å². The molecule has 114 valence electrons. The maximum Gasteiger partial charge on any atom is 0.223 e. The number of carbonyl (C=O) groups excluding carboxylic acids is 1. The number of halogens is 1. The van der Waals surface area contributed by atoms with E-state index in [-0.39, 0.29) is 5.37 Å². The van der Waals surface area contributed by atoms with E-state index in [9.17, 15) is 4.79 Å². The van der Waals surface area contributed by atoms with Gasteiger partial charge < -0.3 is 4.90 Å². The van der Waals surface area contributed by atoms with Gasteiger partial charge in [-0.25, -0.2) is 0 Å². The topological polar surface area (TPSA) is 20.3 Å². The number of hydrogen-bond acceptors (Lipinski definition) is 2. The van der Waals surface area contributed by atoms with Crippen molar-refractivity contribution in [3.63, 3.8) is 0 Å². The van der Waals surface area contributed by atoms with E-state index in [1.807, 2.05) is 34.9 Å². The summed E-state index contributed by atoms with van der Waals surface area (Å²) in [7, 11) is 0. The molecule has 1 aromatic rings. The van der Waals surface area contributed by atoms with Gasteiger partial charge in [-0.3, -0.25) is 4.79 Å². The zero-order valence-corrected chi connectivity index (χ0v) is 13.8. The standard InChI is InChI=1S/C17H22ClNOS/c18-15-7-3-6-14(12-15)17-19(10-11-21-17)16(20)9-8-13-4-1-2-5-13/h3,6-7,12-13,17H,1-2,4-5,8-11H2/t17-/m0/s1. The van der Waals surface area contributed by atoms with Gasteiger partial charge in [0, 0.05) is 23.7 Å². The third-order valence-electron chi connectivity index (χ3n) is 4.59. The van der Waals surface area contributed by atoms with Gasteiger partial charge in [0.05, 0.1) is 0 Å². The molecule has 1 saturated heterocycles. The third-order valence-corrected chi connectivity index (χ3v) is 6.08. The average Bonchev–Trinajstić information content (AvgIpc) is 3.16. The van der Waals surface area contributed by atoms with Crippen molar-refractivity contribution in [3.05, 3.63) is 34.9 Å². The molecule has 0 spiro atoms. The lowest BCUT2D eigenvalue weighted by Crippen LogP contribution is -2.30. The lowest BCUT2D eigenvalue weighted by Gasteiger charge is -2.25. The van der Waals surface area contributed by atoms with Crippen LogP contribution in [0.2, 0.25) is 5.02 Å². The molecule has 2 aliphatic rings. The second kappa shape index (κ2) is 7.06. The van der Waals surface area contributed by atoms with Crippen molar-refractivity contribution in [1.29, 1.82) is 0 Å². The number of rotatable bonds is 4. The normalized spacial score (nSPS) is 22.9. The van der Waals surface area contributed by atoms with Crippen molar-refractivity contribution in [2.24, 2.45) is 5.92 Å². The van der Waals surface area contributed by atoms with Gasteiger partial charge >= 0.3 is 0 Å². The largest absolute Gasteiger partial charge is 0.326 e. The fourth-order valence-electron chi connectivity index (χ4n) is 3.43. The number of amides is 1. The van der Waals surface area contributed by atoms with Crippen LogP contribution >= 0.6 is 23.4 Å². The van der Waals surface area contributed by atoms with E-state index in [0.717, 1.165) is 35.2 Å². The smallest absolute Gasteiger partial charge is 0.223 e.